The van der Waals surface area contributed by atoms with E-state index in [0.29, 0.717) is 16.3 Å². The minimum Gasteiger partial charge on any atom is -0.422 e. The molecule has 0 aliphatic heterocycles. The molecule has 1 N–H and O–H groups in total. The zero-order chi connectivity index (χ0) is 22.0. The van der Waals surface area contributed by atoms with Crippen LogP contribution in [-0.4, -0.2) is 4.98 Å². The lowest BCUT2D eigenvalue weighted by Crippen LogP contribution is -2.05. The maximum atomic E-state index is 12.9. The van der Waals surface area contributed by atoms with Gasteiger partial charge in [-0.2, -0.15) is 18.4 Å². The summed E-state index contributed by atoms with van der Waals surface area (Å²) < 4.78 is 43.9. The Balaban J connectivity index is 1.63. The molecule has 4 aromatic rings. The van der Waals surface area contributed by atoms with E-state index < -0.39 is 17.4 Å². The number of aromatic nitrogens is 1. The van der Waals surface area contributed by atoms with Crippen LogP contribution in [0.3, 0.4) is 0 Å². The van der Waals surface area contributed by atoms with Gasteiger partial charge in [-0.05, 0) is 30.3 Å². The number of para-hydroxylation sites is 1. The summed E-state index contributed by atoms with van der Waals surface area (Å²) in [5.41, 5.74) is -0.0175. The Kier molecular flexibility index (Phi) is 5.31. The first kappa shape index (κ1) is 20.4. The molecule has 0 spiro atoms. The first-order valence-corrected chi connectivity index (χ1v) is 9.76. The van der Waals surface area contributed by atoms with Crippen molar-refractivity contribution in [3.05, 3.63) is 87.2 Å². The van der Waals surface area contributed by atoms with E-state index in [1.54, 1.807) is 29.6 Å². The molecule has 0 saturated carbocycles. The topological polar surface area (TPSA) is 78.9 Å². The monoisotopic (exact) mass is 439 g/mol. The van der Waals surface area contributed by atoms with E-state index in [9.17, 15) is 23.2 Å². The predicted molar refractivity (Wildman–Crippen MR) is 112 cm³/mol. The van der Waals surface area contributed by atoms with Gasteiger partial charge in [0.1, 0.15) is 22.2 Å². The normalized spacial score (nSPS) is 12.0. The number of rotatable bonds is 4. The number of hydrogen-bond acceptors (Lipinski definition) is 6. The summed E-state index contributed by atoms with van der Waals surface area (Å²) in [5, 5.41) is 14.8. The van der Waals surface area contributed by atoms with Crippen molar-refractivity contribution in [3.63, 3.8) is 0 Å². The maximum Gasteiger partial charge on any atom is 0.416 e. The second-order valence-electron chi connectivity index (χ2n) is 6.42. The van der Waals surface area contributed by atoms with Gasteiger partial charge in [-0.25, -0.2) is 9.78 Å². The molecule has 0 radical (unpaired) electrons. The first-order chi connectivity index (χ1) is 14.8. The third-order valence-corrected chi connectivity index (χ3v) is 5.22. The molecule has 0 unspecified atom stereocenters. The standard InChI is InChI=1S/C22H12F3N3O2S/c23-22(24,25)15-5-3-6-16(9-15)27-11-14(10-26)20-28-18(12-31-20)17-8-13-4-1-2-7-19(13)30-21(17)29/h1-9,11-12,27H/b14-11+. The molecule has 0 aliphatic carbocycles. The average Bonchev–Trinajstić information content (AvgIpc) is 3.23. The van der Waals surface area contributed by atoms with Crippen LogP contribution >= 0.6 is 11.3 Å². The Hall–Kier alpha value is -3.90. The van der Waals surface area contributed by atoms with Gasteiger partial charge in [0, 0.05) is 22.7 Å². The number of hydrogen-bond donors (Lipinski definition) is 1. The van der Waals surface area contributed by atoms with Crippen LogP contribution in [0, 0.1) is 11.3 Å². The third kappa shape index (κ3) is 4.34. The summed E-state index contributed by atoms with van der Waals surface area (Å²) >= 11 is 1.13. The summed E-state index contributed by atoms with van der Waals surface area (Å²) in [6.07, 6.45) is -3.19. The number of benzene rings is 2. The Bertz CT molecular complexity index is 1400. The number of fused-ring (bicyclic) bond motifs is 1. The number of nitrogens with one attached hydrogen (secondary N) is 1. The van der Waals surface area contributed by atoms with E-state index in [0.717, 1.165) is 28.9 Å². The van der Waals surface area contributed by atoms with Gasteiger partial charge in [0.05, 0.1) is 16.8 Å². The van der Waals surface area contributed by atoms with Gasteiger partial charge in [0.2, 0.25) is 0 Å². The van der Waals surface area contributed by atoms with Gasteiger partial charge in [0.25, 0.3) is 0 Å². The summed E-state index contributed by atoms with van der Waals surface area (Å²) in [5.74, 6) is 0. The quantitative estimate of drug-likeness (QED) is 0.316. The Morgan fingerprint density at radius 2 is 1.97 bits per heavy atom. The number of allylic oxidation sites excluding steroid dienone is 1. The summed E-state index contributed by atoms with van der Waals surface area (Å²) in [7, 11) is 0. The molecule has 31 heavy (non-hydrogen) atoms. The second-order valence-corrected chi connectivity index (χ2v) is 7.27. The van der Waals surface area contributed by atoms with Crippen molar-refractivity contribution in [2.24, 2.45) is 0 Å². The van der Waals surface area contributed by atoms with E-state index in [2.05, 4.69) is 10.3 Å². The van der Waals surface area contributed by atoms with Crippen LogP contribution in [0.2, 0.25) is 0 Å². The van der Waals surface area contributed by atoms with Gasteiger partial charge >= 0.3 is 11.8 Å². The smallest absolute Gasteiger partial charge is 0.416 e. The Morgan fingerprint density at radius 1 is 1.16 bits per heavy atom. The lowest BCUT2D eigenvalue weighted by Gasteiger charge is -2.08. The van der Waals surface area contributed by atoms with Gasteiger partial charge < -0.3 is 9.73 Å². The lowest BCUT2D eigenvalue weighted by atomic mass is 10.1. The molecule has 2 heterocycles. The van der Waals surface area contributed by atoms with Crippen molar-refractivity contribution in [1.29, 1.82) is 5.26 Å². The zero-order valence-corrected chi connectivity index (χ0v) is 16.4. The molecule has 2 aromatic carbocycles. The minimum absolute atomic E-state index is 0.110. The molecule has 0 amide bonds. The van der Waals surface area contributed by atoms with Gasteiger partial charge in [-0.3, -0.25) is 0 Å². The van der Waals surface area contributed by atoms with Crippen molar-refractivity contribution in [2.75, 3.05) is 5.32 Å². The fraction of sp³-hybridized carbons (Fsp3) is 0.0455. The highest BCUT2D eigenvalue weighted by Crippen LogP contribution is 2.31. The number of thiazole rings is 1. The molecular formula is C22H12F3N3O2S. The molecule has 0 saturated heterocycles. The molecule has 5 nitrogen and oxygen atoms in total. The van der Waals surface area contributed by atoms with Gasteiger partial charge in [0.15, 0.2) is 0 Å². The molecule has 0 atom stereocenters. The summed E-state index contributed by atoms with van der Waals surface area (Å²) in [6, 6.07) is 15.3. The predicted octanol–water partition coefficient (Wildman–Crippen LogP) is 5.91. The van der Waals surface area contributed by atoms with Crippen LogP contribution in [0.15, 0.2) is 75.4 Å². The SMILES string of the molecule is N#C/C(=C\Nc1cccc(C(F)(F)F)c1)c1nc(-c2cc3ccccc3oc2=O)cs1. The zero-order valence-electron chi connectivity index (χ0n) is 15.6. The molecule has 0 fully saturated rings. The van der Waals surface area contributed by atoms with Crippen molar-refractivity contribution in [1.82, 2.24) is 4.98 Å². The van der Waals surface area contributed by atoms with Gasteiger partial charge in [-0.15, -0.1) is 11.3 Å². The Labute approximate surface area is 177 Å². The van der Waals surface area contributed by atoms with Crippen LogP contribution in [0.5, 0.6) is 0 Å². The van der Waals surface area contributed by atoms with Gasteiger partial charge in [-0.1, -0.05) is 24.3 Å². The minimum atomic E-state index is -4.47. The molecule has 4 rings (SSSR count). The largest absolute Gasteiger partial charge is 0.422 e. The highest BCUT2D eigenvalue weighted by atomic mass is 32.1. The maximum absolute atomic E-state index is 12.9. The van der Waals surface area contributed by atoms with E-state index in [4.69, 9.17) is 4.42 Å². The van der Waals surface area contributed by atoms with E-state index >= 15 is 0 Å². The van der Waals surface area contributed by atoms with Crippen molar-refractivity contribution in [2.45, 2.75) is 6.18 Å². The van der Waals surface area contributed by atoms with Crippen LogP contribution in [0.1, 0.15) is 10.6 Å². The molecule has 0 aliphatic rings. The first-order valence-electron chi connectivity index (χ1n) is 8.88. The molecule has 0 bridgehead atoms. The number of halogens is 3. The number of nitrogens with zero attached hydrogens (tertiary/aromatic N) is 2. The second kappa shape index (κ2) is 8.08. The fourth-order valence-electron chi connectivity index (χ4n) is 2.84. The molecule has 2 aromatic heterocycles. The lowest BCUT2D eigenvalue weighted by molar-refractivity contribution is -0.137. The number of nitriles is 1. The third-order valence-electron chi connectivity index (χ3n) is 4.35. The van der Waals surface area contributed by atoms with Crippen LogP contribution in [0.25, 0.3) is 27.8 Å². The van der Waals surface area contributed by atoms with E-state index in [1.165, 1.54) is 18.3 Å². The van der Waals surface area contributed by atoms with E-state index in [1.807, 2.05) is 12.1 Å². The van der Waals surface area contributed by atoms with Crippen molar-refractivity contribution < 1.29 is 17.6 Å². The molecule has 9 heteroatoms. The van der Waals surface area contributed by atoms with Crippen LogP contribution < -0.4 is 10.9 Å². The fourth-order valence-corrected chi connectivity index (χ4v) is 3.63. The van der Waals surface area contributed by atoms with Crippen molar-refractivity contribution >= 4 is 33.6 Å². The average molecular weight is 439 g/mol. The Morgan fingerprint density at radius 3 is 2.74 bits per heavy atom. The molecular weight excluding hydrogens is 427 g/mol. The van der Waals surface area contributed by atoms with E-state index in [-0.39, 0.29) is 16.8 Å². The molecule has 154 valence electrons. The number of alkyl halides is 3. The highest BCUT2D eigenvalue weighted by molar-refractivity contribution is 7.11. The van der Waals surface area contributed by atoms with Crippen molar-refractivity contribution in [3.8, 4) is 17.3 Å². The number of anilines is 1. The summed E-state index contributed by atoms with van der Waals surface area (Å²) in [4.78, 5) is 16.7. The van der Waals surface area contributed by atoms with Crippen LogP contribution in [0.4, 0.5) is 18.9 Å². The summed E-state index contributed by atoms with van der Waals surface area (Å²) in [6.45, 7) is 0. The highest BCUT2D eigenvalue weighted by Gasteiger charge is 2.30. The van der Waals surface area contributed by atoms with Crippen LogP contribution in [-0.2, 0) is 6.18 Å².